The van der Waals surface area contributed by atoms with Crippen LogP contribution in [0.4, 0.5) is 5.69 Å². The molecule has 2 aromatic rings. The molecular formula is C29H36N2O3. The van der Waals surface area contributed by atoms with Crippen molar-refractivity contribution in [2.75, 3.05) is 31.1 Å². The highest BCUT2D eigenvalue weighted by atomic mass is 16.5. The van der Waals surface area contributed by atoms with Crippen molar-refractivity contribution in [1.82, 2.24) is 4.90 Å². The minimum absolute atomic E-state index is 0.236. The van der Waals surface area contributed by atoms with Gasteiger partial charge in [0, 0.05) is 31.0 Å². The lowest BCUT2D eigenvalue weighted by Gasteiger charge is -2.36. The quantitative estimate of drug-likeness (QED) is 0.517. The monoisotopic (exact) mass is 460 g/mol. The number of nitrogens with zero attached hydrogens (tertiary/aromatic N) is 2. The number of benzene rings is 2. The van der Waals surface area contributed by atoms with Gasteiger partial charge in [0.15, 0.2) is 5.78 Å². The summed E-state index contributed by atoms with van der Waals surface area (Å²) in [5, 5.41) is 0. The zero-order valence-electron chi connectivity index (χ0n) is 20.3. The first kappa shape index (κ1) is 23.1. The van der Waals surface area contributed by atoms with Gasteiger partial charge in [0.05, 0.1) is 5.69 Å². The summed E-state index contributed by atoms with van der Waals surface area (Å²) in [6, 6.07) is 14.5. The summed E-state index contributed by atoms with van der Waals surface area (Å²) in [6.45, 7) is 5.92. The van der Waals surface area contributed by atoms with E-state index in [4.69, 9.17) is 4.74 Å². The highest BCUT2D eigenvalue weighted by Gasteiger charge is 2.30. The Morgan fingerprint density at radius 2 is 1.76 bits per heavy atom. The Bertz CT molecular complexity index is 1010. The van der Waals surface area contributed by atoms with E-state index in [0.717, 1.165) is 75.2 Å². The lowest BCUT2D eigenvalue weighted by Crippen LogP contribution is -2.42. The lowest BCUT2D eigenvalue weighted by molar-refractivity contribution is -0.119. The van der Waals surface area contributed by atoms with Crippen molar-refractivity contribution in [2.24, 2.45) is 5.92 Å². The highest BCUT2D eigenvalue weighted by Crippen LogP contribution is 2.37. The second kappa shape index (κ2) is 10.3. The van der Waals surface area contributed by atoms with Gasteiger partial charge in [-0.3, -0.25) is 14.5 Å². The molecule has 5 nitrogen and oxygen atoms in total. The Morgan fingerprint density at radius 1 is 1.03 bits per heavy atom. The molecule has 0 bridgehead atoms. The topological polar surface area (TPSA) is 49.9 Å². The van der Waals surface area contributed by atoms with Crippen molar-refractivity contribution in [1.29, 1.82) is 0 Å². The van der Waals surface area contributed by atoms with E-state index in [2.05, 4.69) is 24.0 Å². The van der Waals surface area contributed by atoms with Crippen LogP contribution in [0.15, 0.2) is 42.5 Å². The number of amides is 1. The van der Waals surface area contributed by atoms with Gasteiger partial charge >= 0.3 is 0 Å². The summed E-state index contributed by atoms with van der Waals surface area (Å²) in [7, 11) is 0. The molecule has 5 rings (SSSR count). The average molecular weight is 461 g/mol. The summed E-state index contributed by atoms with van der Waals surface area (Å²) < 4.78 is 5.94. The number of ketones is 1. The van der Waals surface area contributed by atoms with Crippen LogP contribution in [-0.2, 0) is 17.6 Å². The van der Waals surface area contributed by atoms with Crippen LogP contribution in [0.2, 0.25) is 0 Å². The van der Waals surface area contributed by atoms with E-state index in [0.29, 0.717) is 31.4 Å². The van der Waals surface area contributed by atoms with Crippen molar-refractivity contribution in [3.63, 3.8) is 0 Å². The molecule has 3 aliphatic rings. The molecule has 1 saturated heterocycles. The molecule has 1 fully saturated rings. The van der Waals surface area contributed by atoms with E-state index in [1.165, 1.54) is 11.1 Å². The fourth-order valence-corrected chi connectivity index (χ4v) is 5.82. The molecule has 1 amide bonds. The Hall–Kier alpha value is -2.66. The molecule has 0 aromatic heterocycles. The fraction of sp³-hybridized carbons (Fsp3) is 0.517. The molecule has 0 saturated carbocycles. The summed E-state index contributed by atoms with van der Waals surface area (Å²) in [6.07, 6.45) is 7.18. The van der Waals surface area contributed by atoms with Crippen LogP contribution >= 0.6 is 0 Å². The summed E-state index contributed by atoms with van der Waals surface area (Å²) in [4.78, 5) is 29.8. The second-order valence-corrected chi connectivity index (χ2v) is 10.2. The van der Waals surface area contributed by atoms with Gasteiger partial charge in [-0.2, -0.15) is 0 Å². The van der Waals surface area contributed by atoms with Crippen molar-refractivity contribution in [3.8, 4) is 5.75 Å². The number of hydrogen-bond acceptors (Lipinski definition) is 4. The van der Waals surface area contributed by atoms with E-state index < -0.39 is 0 Å². The van der Waals surface area contributed by atoms with E-state index in [-0.39, 0.29) is 11.7 Å². The van der Waals surface area contributed by atoms with Crippen LogP contribution in [0, 0.1) is 5.92 Å². The number of carbonyl (C=O) groups excluding carboxylic acids is 2. The molecule has 2 aromatic carbocycles. The second-order valence-electron chi connectivity index (χ2n) is 10.2. The molecular weight excluding hydrogens is 424 g/mol. The third-order valence-corrected chi connectivity index (χ3v) is 7.88. The molecule has 34 heavy (non-hydrogen) atoms. The molecule has 180 valence electrons. The molecule has 1 atom stereocenters. The Kier molecular flexibility index (Phi) is 7.00. The maximum Gasteiger partial charge on any atom is 0.227 e. The first-order valence-corrected chi connectivity index (χ1v) is 13.0. The Balaban J connectivity index is 1.11. The van der Waals surface area contributed by atoms with Crippen molar-refractivity contribution < 1.29 is 14.3 Å². The summed E-state index contributed by atoms with van der Waals surface area (Å²) in [5.41, 5.74) is 4.35. The lowest BCUT2D eigenvalue weighted by atomic mass is 9.86. The molecule has 0 N–H and O–H groups in total. The van der Waals surface area contributed by atoms with Gasteiger partial charge in [0.1, 0.15) is 12.4 Å². The minimum Gasteiger partial charge on any atom is -0.492 e. The Labute approximate surface area is 203 Å². The number of anilines is 1. The molecule has 5 heteroatoms. The average Bonchev–Trinajstić information content (AvgIpc) is 2.88. The van der Waals surface area contributed by atoms with Crippen LogP contribution in [0.1, 0.15) is 66.9 Å². The van der Waals surface area contributed by atoms with Gasteiger partial charge < -0.3 is 9.64 Å². The van der Waals surface area contributed by atoms with E-state index in [1.807, 2.05) is 35.2 Å². The first-order chi connectivity index (χ1) is 16.6. The minimum atomic E-state index is 0.236. The molecule has 3 aliphatic heterocycles. The summed E-state index contributed by atoms with van der Waals surface area (Å²) >= 11 is 0. The van der Waals surface area contributed by atoms with Gasteiger partial charge in [0.25, 0.3) is 0 Å². The SMILES string of the molecule is CC(COc1ccccc1)N1CCC(CCC(=O)c2cc3c4c(c2)CCC(=O)N4CCC3)CC1. The van der Waals surface area contributed by atoms with Crippen LogP contribution < -0.4 is 9.64 Å². The van der Waals surface area contributed by atoms with E-state index in [9.17, 15) is 9.59 Å². The molecule has 0 aliphatic carbocycles. The molecule has 0 radical (unpaired) electrons. The predicted octanol–water partition coefficient (Wildman–Crippen LogP) is 5.05. The molecule has 0 spiro atoms. The number of piperidine rings is 1. The van der Waals surface area contributed by atoms with Gasteiger partial charge in [0.2, 0.25) is 5.91 Å². The normalized spacial score (nSPS) is 19.6. The van der Waals surface area contributed by atoms with Gasteiger partial charge in [-0.1, -0.05) is 18.2 Å². The number of para-hydroxylation sites is 1. The first-order valence-electron chi connectivity index (χ1n) is 13.0. The Morgan fingerprint density at radius 3 is 2.53 bits per heavy atom. The van der Waals surface area contributed by atoms with Crippen molar-refractivity contribution in [2.45, 2.75) is 64.3 Å². The smallest absolute Gasteiger partial charge is 0.227 e. The summed E-state index contributed by atoms with van der Waals surface area (Å²) in [5.74, 6) is 2.05. The number of Topliss-reactive ketones (excluding diaryl/α,β-unsaturated/α-hetero) is 1. The van der Waals surface area contributed by atoms with Crippen LogP contribution in [0.25, 0.3) is 0 Å². The predicted molar refractivity (Wildman–Crippen MR) is 135 cm³/mol. The highest BCUT2D eigenvalue weighted by molar-refractivity contribution is 6.01. The zero-order valence-corrected chi connectivity index (χ0v) is 20.3. The number of ether oxygens (including phenoxy) is 1. The van der Waals surface area contributed by atoms with E-state index >= 15 is 0 Å². The van der Waals surface area contributed by atoms with Gasteiger partial charge in [-0.15, -0.1) is 0 Å². The number of carbonyl (C=O) groups is 2. The number of likely N-dealkylation sites (tertiary alicyclic amines) is 1. The van der Waals surface area contributed by atoms with Gasteiger partial charge in [-0.05, 0) is 99.8 Å². The van der Waals surface area contributed by atoms with Crippen molar-refractivity contribution in [3.05, 3.63) is 59.2 Å². The standard InChI is InChI=1S/C29H36N2O3/c1-21(20-34-26-7-3-2-4-8-26)30-16-13-22(14-17-30)9-11-27(32)25-18-23-6-5-15-31-28(33)12-10-24(19-25)29(23)31/h2-4,7-8,18-19,21-22H,5-6,9-17,20H2,1H3. The molecule has 1 unspecified atom stereocenters. The zero-order chi connectivity index (χ0) is 23.5. The number of rotatable bonds is 8. The van der Waals surface area contributed by atoms with Crippen molar-refractivity contribution >= 4 is 17.4 Å². The van der Waals surface area contributed by atoms with E-state index in [1.54, 1.807) is 0 Å². The maximum atomic E-state index is 13.1. The van der Waals surface area contributed by atoms with Gasteiger partial charge in [-0.25, -0.2) is 0 Å². The van der Waals surface area contributed by atoms with Crippen LogP contribution in [-0.4, -0.2) is 48.9 Å². The van der Waals surface area contributed by atoms with Crippen LogP contribution in [0.3, 0.4) is 0 Å². The molecule has 3 heterocycles. The largest absolute Gasteiger partial charge is 0.492 e. The number of hydrogen-bond donors (Lipinski definition) is 0. The fourth-order valence-electron chi connectivity index (χ4n) is 5.82. The third-order valence-electron chi connectivity index (χ3n) is 7.88. The van der Waals surface area contributed by atoms with Crippen LogP contribution in [0.5, 0.6) is 5.75 Å². The number of aryl methyl sites for hydroxylation is 2. The third kappa shape index (κ3) is 5.05. The maximum absolute atomic E-state index is 13.1.